The number of rotatable bonds is 4. The Balaban J connectivity index is 0.00000210. The van der Waals surface area contributed by atoms with Gasteiger partial charge in [0.05, 0.1) is 17.1 Å². The molecule has 29 heavy (non-hydrogen) atoms. The van der Waals surface area contributed by atoms with Gasteiger partial charge in [-0.15, -0.1) is 24.8 Å². The Morgan fingerprint density at radius 2 is 1.72 bits per heavy atom. The highest BCUT2D eigenvalue weighted by Crippen LogP contribution is 2.33. The predicted octanol–water partition coefficient (Wildman–Crippen LogP) is 4.36. The number of benzene rings is 1. The number of carbonyl (C=O) groups is 1. The van der Waals surface area contributed by atoms with Gasteiger partial charge in [0.1, 0.15) is 5.82 Å². The quantitative estimate of drug-likeness (QED) is 0.720. The minimum Gasteiger partial charge on any atom is -0.376 e. The van der Waals surface area contributed by atoms with Crippen molar-refractivity contribution < 1.29 is 18.0 Å². The smallest absolute Gasteiger partial charge is 0.376 e. The van der Waals surface area contributed by atoms with Crippen LogP contribution in [-0.2, 0) is 11.0 Å². The highest BCUT2D eigenvalue weighted by atomic mass is 35.5. The van der Waals surface area contributed by atoms with Crippen LogP contribution in [0.2, 0.25) is 5.02 Å². The highest BCUT2D eigenvalue weighted by Gasteiger charge is 2.32. The summed E-state index contributed by atoms with van der Waals surface area (Å²) in [6.45, 7) is 2.00. The maximum atomic E-state index is 12.7. The van der Waals surface area contributed by atoms with Crippen LogP contribution >= 0.6 is 36.4 Å². The summed E-state index contributed by atoms with van der Waals surface area (Å²) in [5.74, 6) is 0.268. The summed E-state index contributed by atoms with van der Waals surface area (Å²) in [4.78, 5) is 19.7. The molecule has 1 aliphatic heterocycles. The number of alkyl halides is 3. The third kappa shape index (κ3) is 6.55. The number of anilines is 2. The molecule has 0 aliphatic carbocycles. The molecule has 1 saturated heterocycles. The molecular formula is C18H20Cl3F3N4O. The third-order valence-corrected chi connectivity index (χ3v) is 4.58. The number of pyridine rings is 1. The SMILES string of the molecule is Cl.Cl.O=C(CNc1ccccc1)N1CCN(c2ncc(C(F)(F)F)cc2Cl)CC1. The summed E-state index contributed by atoms with van der Waals surface area (Å²) in [6, 6.07) is 10.3. The van der Waals surface area contributed by atoms with E-state index < -0.39 is 11.7 Å². The van der Waals surface area contributed by atoms with Crippen molar-refractivity contribution in [2.45, 2.75) is 6.18 Å². The number of hydrogen-bond acceptors (Lipinski definition) is 4. The standard InChI is InChI=1S/C18H18ClF3N4O.2ClH/c19-15-10-13(18(20,21)22)11-24-17(15)26-8-6-25(7-9-26)16(27)12-23-14-4-2-1-3-5-14;;/h1-5,10-11,23H,6-9,12H2;2*1H. The summed E-state index contributed by atoms with van der Waals surface area (Å²) < 4.78 is 38.1. The Kier molecular flexibility index (Phi) is 9.32. The van der Waals surface area contributed by atoms with Crippen molar-refractivity contribution in [3.05, 3.63) is 53.2 Å². The van der Waals surface area contributed by atoms with Crippen LogP contribution in [-0.4, -0.2) is 48.5 Å². The fraction of sp³-hybridized carbons (Fsp3) is 0.333. The monoisotopic (exact) mass is 470 g/mol. The van der Waals surface area contributed by atoms with Crippen molar-refractivity contribution in [3.63, 3.8) is 0 Å². The van der Waals surface area contributed by atoms with E-state index in [2.05, 4.69) is 10.3 Å². The Bertz CT molecular complexity index is 801. The Hall–Kier alpha value is -1.90. The van der Waals surface area contributed by atoms with Crippen LogP contribution in [0.5, 0.6) is 0 Å². The van der Waals surface area contributed by atoms with E-state index in [0.717, 1.165) is 18.0 Å². The van der Waals surface area contributed by atoms with Gasteiger partial charge in [-0.25, -0.2) is 4.98 Å². The van der Waals surface area contributed by atoms with Gasteiger partial charge in [-0.3, -0.25) is 4.79 Å². The van der Waals surface area contributed by atoms with Crippen molar-refractivity contribution in [3.8, 4) is 0 Å². The molecule has 5 nitrogen and oxygen atoms in total. The maximum absolute atomic E-state index is 12.7. The second-order valence-electron chi connectivity index (χ2n) is 6.11. The Labute approximate surface area is 184 Å². The van der Waals surface area contributed by atoms with Gasteiger partial charge >= 0.3 is 6.18 Å². The summed E-state index contributed by atoms with van der Waals surface area (Å²) in [5, 5.41) is 3.02. The second-order valence-corrected chi connectivity index (χ2v) is 6.52. The summed E-state index contributed by atoms with van der Waals surface area (Å²) >= 11 is 5.99. The van der Waals surface area contributed by atoms with Crippen LogP contribution < -0.4 is 10.2 Å². The molecule has 11 heteroatoms. The molecule has 3 rings (SSSR count). The van der Waals surface area contributed by atoms with Gasteiger partial charge in [0.15, 0.2) is 0 Å². The number of aromatic nitrogens is 1. The van der Waals surface area contributed by atoms with Crippen LogP contribution in [0.25, 0.3) is 0 Å². The maximum Gasteiger partial charge on any atom is 0.417 e. The van der Waals surface area contributed by atoms with Gasteiger partial charge in [0.2, 0.25) is 5.91 Å². The Morgan fingerprint density at radius 3 is 2.28 bits per heavy atom. The molecule has 1 aliphatic rings. The first-order valence-electron chi connectivity index (χ1n) is 8.39. The summed E-state index contributed by atoms with van der Waals surface area (Å²) in [7, 11) is 0. The van der Waals surface area contributed by atoms with Crippen molar-refractivity contribution >= 4 is 53.8 Å². The molecule has 160 valence electrons. The van der Waals surface area contributed by atoms with Crippen molar-refractivity contribution in [2.75, 3.05) is 42.9 Å². The number of piperazine rings is 1. The summed E-state index contributed by atoms with van der Waals surface area (Å²) in [5.41, 5.74) is -0.0118. The fourth-order valence-electron chi connectivity index (χ4n) is 2.83. The average molecular weight is 472 g/mol. The van der Waals surface area contributed by atoms with E-state index >= 15 is 0 Å². The van der Waals surface area contributed by atoms with Gasteiger partial charge in [-0.2, -0.15) is 13.2 Å². The van der Waals surface area contributed by atoms with Crippen LogP contribution in [0.15, 0.2) is 42.6 Å². The molecule has 2 aromatic rings. The first kappa shape index (κ1) is 25.1. The number of carbonyl (C=O) groups excluding carboxylic acids is 1. The molecule has 1 aromatic heterocycles. The minimum absolute atomic E-state index is 0. The lowest BCUT2D eigenvalue weighted by Crippen LogP contribution is -2.50. The lowest BCUT2D eigenvalue weighted by Gasteiger charge is -2.36. The fourth-order valence-corrected chi connectivity index (χ4v) is 3.12. The number of nitrogens with one attached hydrogen (secondary N) is 1. The molecule has 0 saturated carbocycles. The van der Waals surface area contributed by atoms with E-state index in [1.165, 1.54) is 0 Å². The number of para-hydroxylation sites is 1. The normalized spacial score (nSPS) is 13.9. The molecule has 1 N–H and O–H groups in total. The van der Waals surface area contributed by atoms with Crippen molar-refractivity contribution in [1.82, 2.24) is 9.88 Å². The van der Waals surface area contributed by atoms with Crippen LogP contribution in [0.3, 0.4) is 0 Å². The first-order valence-corrected chi connectivity index (χ1v) is 8.77. The molecule has 0 radical (unpaired) electrons. The zero-order chi connectivity index (χ0) is 19.4. The minimum atomic E-state index is -4.48. The first-order chi connectivity index (χ1) is 12.8. The van der Waals surface area contributed by atoms with Crippen molar-refractivity contribution in [1.29, 1.82) is 0 Å². The van der Waals surface area contributed by atoms with Crippen LogP contribution in [0.4, 0.5) is 24.7 Å². The lowest BCUT2D eigenvalue weighted by atomic mass is 10.2. The molecule has 0 spiro atoms. The van der Waals surface area contributed by atoms with E-state index in [-0.39, 0.29) is 42.3 Å². The van der Waals surface area contributed by atoms with E-state index in [1.54, 1.807) is 9.80 Å². The van der Waals surface area contributed by atoms with Crippen molar-refractivity contribution in [2.24, 2.45) is 0 Å². The van der Waals surface area contributed by atoms with Crippen LogP contribution in [0.1, 0.15) is 5.56 Å². The number of amides is 1. The largest absolute Gasteiger partial charge is 0.417 e. The number of hydrogen-bond donors (Lipinski definition) is 1. The predicted molar refractivity (Wildman–Crippen MR) is 112 cm³/mol. The second kappa shape index (κ2) is 10.8. The molecule has 2 heterocycles. The van der Waals surface area contributed by atoms with Gasteiger partial charge < -0.3 is 15.1 Å². The molecule has 0 bridgehead atoms. The molecule has 1 fully saturated rings. The van der Waals surface area contributed by atoms with Crippen LogP contribution in [0, 0.1) is 0 Å². The average Bonchev–Trinajstić information content (AvgIpc) is 2.66. The molecular weight excluding hydrogens is 452 g/mol. The van der Waals surface area contributed by atoms with E-state index in [4.69, 9.17) is 11.6 Å². The Morgan fingerprint density at radius 1 is 1.10 bits per heavy atom. The highest BCUT2D eigenvalue weighted by molar-refractivity contribution is 6.33. The van der Waals surface area contributed by atoms with E-state index in [1.807, 2.05) is 30.3 Å². The zero-order valence-corrected chi connectivity index (χ0v) is 17.5. The lowest BCUT2D eigenvalue weighted by molar-refractivity contribution is -0.137. The molecule has 0 atom stereocenters. The number of halogens is 6. The molecule has 0 unspecified atom stereocenters. The van der Waals surface area contributed by atoms with Gasteiger partial charge in [0.25, 0.3) is 0 Å². The topological polar surface area (TPSA) is 48.5 Å². The van der Waals surface area contributed by atoms with Gasteiger partial charge in [-0.05, 0) is 18.2 Å². The summed E-state index contributed by atoms with van der Waals surface area (Å²) in [6.07, 6.45) is -3.70. The van der Waals surface area contributed by atoms with Gasteiger partial charge in [-0.1, -0.05) is 29.8 Å². The molecule has 1 aromatic carbocycles. The third-order valence-electron chi connectivity index (χ3n) is 4.30. The van der Waals surface area contributed by atoms with E-state index in [0.29, 0.717) is 32.0 Å². The number of nitrogens with zero attached hydrogens (tertiary/aromatic N) is 3. The van der Waals surface area contributed by atoms with E-state index in [9.17, 15) is 18.0 Å². The molecule has 1 amide bonds. The van der Waals surface area contributed by atoms with Gasteiger partial charge in [0, 0.05) is 38.1 Å². The zero-order valence-electron chi connectivity index (χ0n) is 15.2.